The fourth-order valence-corrected chi connectivity index (χ4v) is 4.50. The standard InChI is InChI=1S/C19H15BrClNO2/c20-12-4-1-3-10(7-12)17-14-6-2-5-13(14)15-8-11(19(23)24)9-16(21)18(15)22-17/h1-5,7-9,13-14,17,22H,6H2,(H,23,24)/p-1/t13-,14-,17-/m0/s1. The predicted molar refractivity (Wildman–Crippen MR) is 96.3 cm³/mol. The van der Waals surface area contributed by atoms with E-state index < -0.39 is 5.97 Å². The molecular weight excluding hydrogens is 390 g/mol. The van der Waals surface area contributed by atoms with Crippen LogP contribution in [0.2, 0.25) is 5.02 Å². The quantitative estimate of drug-likeness (QED) is 0.761. The number of nitrogens with one attached hydrogen (secondary N) is 1. The molecule has 1 N–H and O–H groups in total. The molecule has 0 amide bonds. The average molecular weight is 404 g/mol. The molecule has 1 aliphatic carbocycles. The van der Waals surface area contributed by atoms with Gasteiger partial charge in [-0.25, -0.2) is 0 Å². The van der Waals surface area contributed by atoms with E-state index in [4.69, 9.17) is 11.6 Å². The van der Waals surface area contributed by atoms with Crippen LogP contribution in [0.25, 0.3) is 0 Å². The summed E-state index contributed by atoms with van der Waals surface area (Å²) in [4.78, 5) is 11.2. The molecule has 0 radical (unpaired) electrons. The van der Waals surface area contributed by atoms with Crippen molar-refractivity contribution in [1.82, 2.24) is 0 Å². The van der Waals surface area contributed by atoms with E-state index in [0.29, 0.717) is 10.9 Å². The molecule has 2 aromatic rings. The van der Waals surface area contributed by atoms with Gasteiger partial charge in [-0.05, 0) is 53.3 Å². The summed E-state index contributed by atoms with van der Waals surface area (Å²) in [6.07, 6.45) is 5.27. The Balaban J connectivity index is 1.83. The van der Waals surface area contributed by atoms with Gasteiger partial charge in [-0.2, -0.15) is 0 Å². The van der Waals surface area contributed by atoms with Crippen LogP contribution in [0, 0.1) is 5.92 Å². The maximum absolute atomic E-state index is 11.2. The number of carboxylic acid groups (broad SMARTS) is 1. The molecule has 24 heavy (non-hydrogen) atoms. The van der Waals surface area contributed by atoms with Crippen LogP contribution in [0.3, 0.4) is 0 Å². The Kier molecular flexibility index (Phi) is 3.89. The van der Waals surface area contributed by atoms with Crippen molar-refractivity contribution in [2.45, 2.75) is 18.4 Å². The van der Waals surface area contributed by atoms with Crippen molar-refractivity contribution in [2.75, 3.05) is 5.32 Å². The Hall–Kier alpha value is -1.78. The summed E-state index contributed by atoms with van der Waals surface area (Å²) < 4.78 is 1.04. The number of aromatic carboxylic acids is 1. The minimum atomic E-state index is -1.20. The van der Waals surface area contributed by atoms with Crippen molar-refractivity contribution in [3.63, 3.8) is 0 Å². The molecule has 0 unspecified atom stereocenters. The Morgan fingerprint density at radius 2 is 2.12 bits per heavy atom. The van der Waals surface area contributed by atoms with E-state index in [-0.39, 0.29) is 17.5 Å². The number of benzene rings is 2. The normalized spacial score (nSPS) is 24.2. The van der Waals surface area contributed by atoms with Gasteiger partial charge >= 0.3 is 0 Å². The minimum Gasteiger partial charge on any atom is -0.545 e. The third-order valence-corrected chi connectivity index (χ3v) is 5.66. The monoisotopic (exact) mass is 402 g/mol. The lowest BCUT2D eigenvalue weighted by Crippen LogP contribution is -2.30. The highest BCUT2D eigenvalue weighted by Crippen LogP contribution is 2.51. The zero-order valence-corrected chi connectivity index (χ0v) is 15.0. The maximum atomic E-state index is 11.2. The number of rotatable bonds is 2. The van der Waals surface area contributed by atoms with Crippen molar-refractivity contribution in [3.05, 3.63) is 74.7 Å². The molecule has 3 atom stereocenters. The van der Waals surface area contributed by atoms with Crippen LogP contribution < -0.4 is 10.4 Å². The highest BCUT2D eigenvalue weighted by atomic mass is 79.9. The van der Waals surface area contributed by atoms with Crippen molar-refractivity contribution in [2.24, 2.45) is 5.92 Å². The fourth-order valence-electron chi connectivity index (χ4n) is 3.80. The summed E-state index contributed by atoms with van der Waals surface area (Å²) in [6, 6.07) is 11.5. The lowest BCUT2D eigenvalue weighted by atomic mass is 9.76. The maximum Gasteiger partial charge on any atom is 0.0715 e. The van der Waals surface area contributed by atoms with Crippen molar-refractivity contribution >= 4 is 39.2 Å². The first-order valence-electron chi connectivity index (χ1n) is 7.78. The third-order valence-electron chi connectivity index (χ3n) is 4.86. The molecule has 2 aliphatic rings. The zero-order chi connectivity index (χ0) is 16.8. The Bertz CT molecular complexity index is 864. The second kappa shape index (κ2) is 5.94. The average Bonchev–Trinajstić information content (AvgIpc) is 3.04. The minimum absolute atomic E-state index is 0.125. The molecule has 2 aromatic carbocycles. The van der Waals surface area contributed by atoms with E-state index >= 15 is 0 Å². The topological polar surface area (TPSA) is 52.2 Å². The van der Waals surface area contributed by atoms with E-state index in [2.05, 4.69) is 45.5 Å². The number of carbonyl (C=O) groups excluding carboxylic acids is 1. The zero-order valence-electron chi connectivity index (χ0n) is 12.6. The van der Waals surface area contributed by atoms with Gasteiger partial charge < -0.3 is 15.2 Å². The van der Waals surface area contributed by atoms with Crippen LogP contribution in [0.15, 0.2) is 53.0 Å². The second-order valence-electron chi connectivity index (χ2n) is 6.24. The molecule has 0 saturated heterocycles. The summed E-state index contributed by atoms with van der Waals surface area (Å²) in [5, 5.41) is 15.2. The lowest BCUT2D eigenvalue weighted by Gasteiger charge is -2.38. The number of hydrogen-bond acceptors (Lipinski definition) is 3. The fraction of sp³-hybridized carbons (Fsp3) is 0.211. The molecular formula is C19H14BrClNO2-. The molecule has 0 saturated carbocycles. The molecule has 0 spiro atoms. The van der Waals surface area contributed by atoms with Gasteiger partial charge in [0.2, 0.25) is 0 Å². The van der Waals surface area contributed by atoms with Gasteiger partial charge in [0.15, 0.2) is 0 Å². The summed E-state index contributed by atoms with van der Waals surface area (Å²) in [5.41, 5.74) is 3.07. The van der Waals surface area contributed by atoms with Gasteiger partial charge in [-0.3, -0.25) is 0 Å². The van der Waals surface area contributed by atoms with E-state index in [0.717, 1.165) is 22.1 Å². The van der Waals surface area contributed by atoms with E-state index in [9.17, 15) is 9.90 Å². The van der Waals surface area contributed by atoms with Crippen LogP contribution in [-0.4, -0.2) is 5.97 Å². The predicted octanol–water partition coefficient (Wildman–Crippen LogP) is 4.29. The second-order valence-corrected chi connectivity index (χ2v) is 7.56. The van der Waals surface area contributed by atoms with Crippen molar-refractivity contribution in [3.8, 4) is 0 Å². The highest BCUT2D eigenvalue weighted by Gasteiger charge is 2.38. The number of carboxylic acids is 1. The molecule has 1 heterocycles. The van der Waals surface area contributed by atoms with Gasteiger partial charge in [0.25, 0.3) is 0 Å². The SMILES string of the molecule is O=C([O-])c1cc(Cl)c2c(c1)[C@H]1C=CC[C@@H]1[C@H](c1cccc(Br)c1)N2. The van der Waals surface area contributed by atoms with E-state index in [1.807, 2.05) is 12.1 Å². The number of hydrogen-bond donors (Lipinski definition) is 1. The Morgan fingerprint density at radius 3 is 2.88 bits per heavy atom. The number of carbonyl (C=O) groups is 1. The largest absolute Gasteiger partial charge is 0.545 e. The van der Waals surface area contributed by atoms with Crippen LogP contribution in [0.4, 0.5) is 5.69 Å². The first kappa shape index (κ1) is 15.7. The number of anilines is 1. The molecule has 0 bridgehead atoms. The summed E-state index contributed by atoms with van der Waals surface area (Å²) in [6.45, 7) is 0. The molecule has 122 valence electrons. The smallest absolute Gasteiger partial charge is 0.0715 e. The first-order chi connectivity index (χ1) is 11.5. The van der Waals surface area contributed by atoms with Gasteiger partial charge in [0.1, 0.15) is 0 Å². The molecule has 4 rings (SSSR count). The van der Waals surface area contributed by atoms with Crippen molar-refractivity contribution < 1.29 is 9.90 Å². The third kappa shape index (κ3) is 2.54. The van der Waals surface area contributed by atoms with Crippen LogP contribution in [0.5, 0.6) is 0 Å². The first-order valence-corrected chi connectivity index (χ1v) is 8.95. The van der Waals surface area contributed by atoms with Gasteiger partial charge in [0.05, 0.1) is 22.7 Å². The Morgan fingerprint density at radius 1 is 1.29 bits per heavy atom. The molecule has 0 fully saturated rings. The molecule has 3 nitrogen and oxygen atoms in total. The summed E-state index contributed by atoms with van der Waals surface area (Å²) in [7, 11) is 0. The van der Waals surface area contributed by atoms with Crippen LogP contribution in [-0.2, 0) is 0 Å². The van der Waals surface area contributed by atoms with E-state index in [1.165, 1.54) is 11.6 Å². The van der Waals surface area contributed by atoms with Gasteiger partial charge in [0, 0.05) is 10.4 Å². The number of fused-ring (bicyclic) bond motifs is 3. The van der Waals surface area contributed by atoms with Gasteiger partial charge in [-0.1, -0.05) is 51.8 Å². The van der Waals surface area contributed by atoms with Crippen LogP contribution >= 0.6 is 27.5 Å². The van der Waals surface area contributed by atoms with E-state index in [1.54, 1.807) is 6.07 Å². The summed E-state index contributed by atoms with van der Waals surface area (Å²) in [5.74, 6) is -0.714. The van der Waals surface area contributed by atoms with Crippen molar-refractivity contribution in [1.29, 1.82) is 0 Å². The highest BCUT2D eigenvalue weighted by molar-refractivity contribution is 9.10. The molecule has 5 heteroatoms. The van der Waals surface area contributed by atoms with Crippen LogP contribution in [0.1, 0.15) is 39.9 Å². The molecule has 1 aliphatic heterocycles. The number of halogens is 2. The summed E-state index contributed by atoms with van der Waals surface area (Å²) >= 11 is 9.91. The lowest BCUT2D eigenvalue weighted by molar-refractivity contribution is -0.255. The Labute approximate surface area is 153 Å². The number of allylic oxidation sites excluding steroid dienone is 2. The van der Waals surface area contributed by atoms with Gasteiger partial charge in [-0.15, -0.1) is 0 Å². The molecule has 0 aromatic heterocycles.